The number of carbonyl (C=O) groups is 2. The number of carboxylic acid groups (broad SMARTS) is 2. The summed E-state index contributed by atoms with van der Waals surface area (Å²) in [6, 6.07) is 0. The minimum absolute atomic E-state index is 0. The fraction of sp³-hybridized carbons (Fsp3) is 0.900. The number of aliphatic carboxylic acids is 2. The zero-order valence-corrected chi connectivity index (χ0v) is 20.3. The van der Waals surface area contributed by atoms with Gasteiger partial charge in [0.2, 0.25) is 0 Å². The summed E-state index contributed by atoms with van der Waals surface area (Å²) in [4.78, 5) is 20.1. The van der Waals surface area contributed by atoms with Crippen LogP contribution in [0.2, 0.25) is 0 Å². The predicted molar refractivity (Wildman–Crippen MR) is 107 cm³/mol. The van der Waals surface area contributed by atoms with E-state index < -0.39 is 11.9 Å². The molecule has 0 aromatic rings. The Hall–Kier alpha value is 0.0397. The molecule has 0 saturated heterocycles. The molecule has 0 saturated carbocycles. The summed E-state index contributed by atoms with van der Waals surface area (Å²) in [5.74, 6) is -2.04. The standard InChI is InChI=1S/2C10H20O4.Ca/c2*1-2-14-8-7-9(11)5-3-4-6-10(12)13;/h2*9,11H,2-8H2,1H3,(H,12,13);/q;;+2/p-2/t2*9-;/m11./s1. The van der Waals surface area contributed by atoms with E-state index in [9.17, 15) is 30.0 Å². The minimum Gasteiger partial charge on any atom is -0.550 e. The van der Waals surface area contributed by atoms with Crippen LogP contribution in [0.5, 0.6) is 0 Å². The van der Waals surface area contributed by atoms with Gasteiger partial charge in [0.05, 0.1) is 12.2 Å². The van der Waals surface area contributed by atoms with E-state index in [1.54, 1.807) is 0 Å². The normalized spacial score (nSPS) is 12.3. The molecule has 9 heteroatoms. The maximum absolute atomic E-state index is 10.1. The molecule has 0 aliphatic carbocycles. The molecule has 0 aliphatic heterocycles. The van der Waals surface area contributed by atoms with Crippen molar-refractivity contribution in [1.29, 1.82) is 0 Å². The van der Waals surface area contributed by atoms with Gasteiger partial charge in [-0.3, -0.25) is 0 Å². The van der Waals surface area contributed by atoms with Crippen LogP contribution >= 0.6 is 0 Å². The largest absolute Gasteiger partial charge is 2.00 e. The Morgan fingerprint density at radius 2 is 1.07 bits per heavy atom. The first-order chi connectivity index (χ1) is 13.3. The molecule has 0 heterocycles. The first-order valence-corrected chi connectivity index (χ1v) is 10.2. The molecular weight excluding hydrogens is 408 g/mol. The first-order valence-electron chi connectivity index (χ1n) is 10.2. The van der Waals surface area contributed by atoms with Crippen molar-refractivity contribution in [1.82, 2.24) is 0 Å². The third-order valence-electron chi connectivity index (χ3n) is 3.94. The number of rotatable bonds is 18. The number of unbranched alkanes of at least 4 members (excludes halogenated alkanes) is 2. The molecule has 0 aromatic carbocycles. The van der Waals surface area contributed by atoms with Gasteiger partial charge in [-0.15, -0.1) is 0 Å². The van der Waals surface area contributed by atoms with Crippen LogP contribution in [0.25, 0.3) is 0 Å². The van der Waals surface area contributed by atoms with Crippen LogP contribution in [-0.2, 0) is 19.1 Å². The number of aliphatic hydroxyl groups is 2. The summed E-state index contributed by atoms with van der Waals surface area (Å²) < 4.78 is 10.2. The van der Waals surface area contributed by atoms with Crippen molar-refractivity contribution in [3.63, 3.8) is 0 Å². The van der Waals surface area contributed by atoms with E-state index in [1.807, 2.05) is 13.8 Å². The molecule has 0 bridgehead atoms. The number of ether oxygens (including phenoxy) is 2. The zero-order chi connectivity index (χ0) is 21.6. The third-order valence-corrected chi connectivity index (χ3v) is 3.94. The van der Waals surface area contributed by atoms with Crippen molar-refractivity contribution >= 4 is 49.7 Å². The Labute approximate surface area is 205 Å². The van der Waals surface area contributed by atoms with Crippen LogP contribution in [-0.4, -0.2) is 98.5 Å². The molecule has 0 fully saturated rings. The topological polar surface area (TPSA) is 139 Å². The predicted octanol–water partition coefficient (Wildman–Crippen LogP) is -0.212. The summed E-state index contributed by atoms with van der Waals surface area (Å²) in [6.45, 7) is 6.28. The summed E-state index contributed by atoms with van der Waals surface area (Å²) in [6.07, 6.45) is 4.55. The maximum Gasteiger partial charge on any atom is 2.00 e. The van der Waals surface area contributed by atoms with E-state index >= 15 is 0 Å². The minimum atomic E-state index is -1.02. The van der Waals surface area contributed by atoms with Crippen molar-refractivity contribution in [2.75, 3.05) is 26.4 Å². The monoisotopic (exact) mass is 446 g/mol. The second-order valence-electron chi connectivity index (χ2n) is 6.51. The second kappa shape index (κ2) is 26.1. The number of carbonyl (C=O) groups excluding carboxylic acids is 2. The summed E-state index contributed by atoms with van der Waals surface area (Å²) >= 11 is 0. The quantitative estimate of drug-likeness (QED) is 0.218. The van der Waals surface area contributed by atoms with E-state index in [4.69, 9.17) is 9.47 Å². The van der Waals surface area contributed by atoms with Crippen LogP contribution in [0.3, 0.4) is 0 Å². The Bertz CT molecular complexity index is 334. The van der Waals surface area contributed by atoms with Gasteiger partial charge in [-0.1, -0.05) is 12.8 Å². The van der Waals surface area contributed by atoms with Gasteiger partial charge in [0.1, 0.15) is 0 Å². The smallest absolute Gasteiger partial charge is 0.550 e. The molecule has 0 amide bonds. The Morgan fingerprint density at radius 3 is 1.34 bits per heavy atom. The number of aliphatic hydroxyl groups excluding tert-OH is 2. The van der Waals surface area contributed by atoms with Crippen molar-refractivity contribution in [3.05, 3.63) is 0 Å². The Kier molecular flexibility index (Phi) is 30.3. The molecule has 0 aliphatic rings. The van der Waals surface area contributed by atoms with Gasteiger partial charge in [0.25, 0.3) is 0 Å². The molecule has 0 radical (unpaired) electrons. The Morgan fingerprint density at radius 1 is 0.724 bits per heavy atom. The van der Waals surface area contributed by atoms with E-state index in [2.05, 4.69) is 0 Å². The molecule has 2 atom stereocenters. The molecule has 0 rings (SSSR count). The number of hydrogen-bond donors (Lipinski definition) is 2. The van der Waals surface area contributed by atoms with Crippen LogP contribution in [0.15, 0.2) is 0 Å². The number of carboxylic acids is 2. The molecular formula is C20H38CaO8. The SMILES string of the molecule is CCOCC[C@H](O)CCCCC(=O)[O-].CCOCC[C@H](O)CCCCC(=O)[O-].[Ca+2]. The third kappa shape index (κ3) is 32.9. The van der Waals surface area contributed by atoms with Crippen LogP contribution < -0.4 is 10.2 Å². The van der Waals surface area contributed by atoms with E-state index in [0.29, 0.717) is 65.0 Å². The second-order valence-corrected chi connectivity index (χ2v) is 6.51. The summed E-state index contributed by atoms with van der Waals surface area (Å²) in [5, 5.41) is 38.9. The van der Waals surface area contributed by atoms with Gasteiger partial charge in [-0.25, -0.2) is 0 Å². The van der Waals surface area contributed by atoms with Crippen molar-refractivity contribution in [2.45, 2.75) is 90.3 Å². The molecule has 0 spiro atoms. The van der Waals surface area contributed by atoms with E-state index in [0.717, 1.165) is 12.8 Å². The van der Waals surface area contributed by atoms with Gasteiger partial charge in [-0.2, -0.15) is 0 Å². The fourth-order valence-corrected chi connectivity index (χ4v) is 2.31. The van der Waals surface area contributed by atoms with Gasteiger partial charge >= 0.3 is 37.7 Å². The fourth-order valence-electron chi connectivity index (χ4n) is 2.31. The van der Waals surface area contributed by atoms with Gasteiger partial charge in [-0.05, 0) is 65.2 Å². The molecule has 0 unspecified atom stereocenters. The molecule has 2 N–H and O–H groups in total. The molecule has 29 heavy (non-hydrogen) atoms. The van der Waals surface area contributed by atoms with Crippen LogP contribution in [0.4, 0.5) is 0 Å². The average molecular weight is 447 g/mol. The Balaban J connectivity index is -0.000000451. The van der Waals surface area contributed by atoms with Gasteiger partial charge in [0.15, 0.2) is 0 Å². The zero-order valence-electron chi connectivity index (χ0n) is 18.1. The number of hydrogen-bond acceptors (Lipinski definition) is 8. The van der Waals surface area contributed by atoms with Gasteiger partial charge in [0, 0.05) is 38.4 Å². The van der Waals surface area contributed by atoms with Crippen molar-refractivity contribution in [3.8, 4) is 0 Å². The molecule has 168 valence electrons. The van der Waals surface area contributed by atoms with E-state index in [1.165, 1.54) is 0 Å². The van der Waals surface area contributed by atoms with E-state index in [-0.39, 0.29) is 62.8 Å². The van der Waals surface area contributed by atoms with Crippen molar-refractivity contribution < 1.29 is 39.5 Å². The molecule has 0 aromatic heterocycles. The molecule has 8 nitrogen and oxygen atoms in total. The first kappa shape index (κ1) is 33.7. The summed E-state index contributed by atoms with van der Waals surface area (Å²) in [5.41, 5.74) is 0. The average Bonchev–Trinajstić information content (AvgIpc) is 2.63. The van der Waals surface area contributed by atoms with Crippen LogP contribution in [0, 0.1) is 0 Å². The van der Waals surface area contributed by atoms with Crippen molar-refractivity contribution in [2.24, 2.45) is 0 Å². The van der Waals surface area contributed by atoms with Crippen LogP contribution in [0.1, 0.15) is 78.1 Å². The van der Waals surface area contributed by atoms with Gasteiger partial charge < -0.3 is 39.5 Å². The maximum atomic E-state index is 10.1. The summed E-state index contributed by atoms with van der Waals surface area (Å²) in [7, 11) is 0.